The van der Waals surface area contributed by atoms with Crippen LogP contribution in [0, 0.1) is 0 Å². The van der Waals surface area contributed by atoms with E-state index >= 15 is 0 Å². The predicted octanol–water partition coefficient (Wildman–Crippen LogP) is 3.93. The Hall–Kier alpha value is -1.35. The summed E-state index contributed by atoms with van der Waals surface area (Å²) < 4.78 is 0. The first-order valence-electron chi connectivity index (χ1n) is 8.06. The fourth-order valence-corrected chi connectivity index (χ4v) is 2.42. The molecule has 0 saturated carbocycles. The summed E-state index contributed by atoms with van der Waals surface area (Å²) in [7, 11) is 1.78. The van der Waals surface area contributed by atoms with Gasteiger partial charge in [0.2, 0.25) is 5.91 Å². The molecular weight excluding hydrogens is 262 g/mol. The van der Waals surface area contributed by atoms with Gasteiger partial charge >= 0.3 is 0 Å². The number of rotatable bonds is 9. The molecule has 0 bridgehead atoms. The normalized spacial score (nSPS) is 13.7. The Balaban J connectivity index is 2.42. The van der Waals surface area contributed by atoms with Crippen molar-refractivity contribution < 1.29 is 9.90 Å². The summed E-state index contributed by atoms with van der Waals surface area (Å²) in [5, 5.41) is 10.4. The number of carbonyl (C=O) groups excluding carboxylic acids is 1. The van der Waals surface area contributed by atoms with Gasteiger partial charge in [-0.2, -0.15) is 0 Å². The highest BCUT2D eigenvalue weighted by Gasteiger charge is 2.23. The first kappa shape index (κ1) is 17.7. The summed E-state index contributed by atoms with van der Waals surface area (Å²) in [4.78, 5) is 13.8. The van der Waals surface area contributed by atoms with Crippen LogP contribution in [0.5, 0.6) is 0 Å². The van der Waals surface area contributed by atoms with E-state index in [4.69, 9.17) is 0 Å². The van der Waals surface area contributed by atoms with Gasteiger partial charge < -0.3 is 10.0 Å². The molecule has 1 N–H and O–H groups in total. The third kappa shape index (κ3) is 5.88. The van der Waals surface area contributed by atoms with Crippen molar-refractivity contribution >= 4 is 5.91 Å². The quantitative estimate of drug-likeness (QED) is 0.700. The van der Waals surface area contributed by atoms with Crippen LogP contribution in [-0.2, 0) is 4.79 Å². The molecular formula is C18H29NO2. The number of aliphatic hydroxyl groups is 1. The summed E-state index contributed by atoms with van der Waals surface area (Å²) in [6.07, 6.45) is 5.66. The van der Waals surface area contributed by atoms with Gasteiger partial charge in [-0.05, 0) is 18.9 Å². The van der Waals surface area contributed by atoms with Gasteiger partial charge in [-0.1, -0.05) is 62.9 Å². The van der Waals surface area contributed by atoms with E-state index in [9.17, 15) is 9.90 Å². The van der Waals surface area contributed by atoms with Gasteiger partial charge in [0.1, 0.15) is 0 Å². The summed E-state index contributed by atoms with van der Waals surface area (Å²) >= 11 is 0. The van der Waals surface area contributed by atoms with Crippen molar-refractivity contribution in [2.75, 3.05) is 7.05 Å². The lowest BCUT2D eigenvalue weighted by molar-refractivity contribution is -0.134. The maximum absolute atomic E-state index is 12.2. The van der Waals surface area contributed by atoms with Crippen LogP contribution in [0.1, 0.15) is 64.0 Å². The number of nitrogens with zero attached hydrogens (tertiary/aromatic N) is 1. The molecule has 3 heteroatoms. The van der Waals surface area contributed by atoms with E-state index in [1.165, 1.54) is 19.3 Å². The average Bonchev–Trinajstić information content (AvgIpc) is 2.53. The summed E-state index contributed by atoms with van der Waals surface area (Å²) in [6, 6.07) is 9.30. The van der Waals surface area contributed by atoms with E-state index in [0.717, 1.165) is 18.4 Å². The standard InChI is InChI=1S/C18H29NO2/c1-4-5-6-7-11-14-17(20)19(3)15(2)18(21)16-12-9-8-10-13-16/h8-10,12-13,15,18,21H,4-7,11,14H2,1-3H3/t15-,18?/m0/s1. The number of hydrogen-bond acceptors (Lipinski definition) is 2. The molecule has 0 aliphatic carbocycles. The van der Waals surface area contributed by atoms with E-state index in [1.54, 1.807) is 11.9 Å². The highest BCUT2D eigenvalue weighted by molar-refractivity contribution is 5.76. The summed E-state index contributed by atoms with van der Waals surface area (Å²) in [5.74, 6) is 0.119. The second-order valence-electron chi connectivity index (χ2n) is 5.76. The second-order valence-corrected chi connectivity index (χ2v) is 5.76. The van der Waals surface area contributed by atoms with E-state index in [1.807, 2.05) is 37.3 Å². The van der Waals surface area contributed by atoms with Gasteiger partial charge in [0.25, 0.3) is 0 Å². The molecule has 0 heterocycles. The maximum Gasteiger partial charge on any atom is 0.222 e. The Kier molecular flexibility index (Phi) is 8.06. The molecule has 0 fully saturated rings. The van der Waals surface area contributed by atoms with Crippen LogP contribution in [0.25, 0.3) is 0 Å². The Morgan fingerprint density at radius 2 is 1.76 bits per heavy atom. The van der Waals surface area contributed by atoms with E-state index in [2.05, 4.69) is 6.92 Å². The third-order valence-corrected chi connectivity index (χ3v) is 4.10. The van der Waals surface area contributed by atoms with Crippen molar-refractivity contribution in [1.82, 2.24) is 4.90 Å². The number of benzene rings is 1. The molecule has 1 rings (SSSR count). The smallest absolute Gasteiger partial charge is 0.222 e. The van der Waals surface area contributed by atoms with Crippen LogP contribution in [0.15, 0.2) is 30.3 Å². The molecule has 1 aromatic carbocycles. The zero-order valence-electron chi connectivity index (χ0n) is 13.6. The zero-order chi connectivity index (χ0) is 15.7. The van der Waals surface area contributed by atoms with E-state index in [0.29, 0.717) is 6.42 Å². The fourth-order valence-electron chi connectivity index (χ4n) is 2.42. The number of aliphatic hydroxyl groups excluding tert-OH is 1. The van der Waals surface area contributed by atoms with Crippen LogP contribution < -0.4 is 0 Å². The minimum Gasteiger partial charge on any atom is -0.386 e. The lowest BCUT2D eigenvalue weighted by Crippen LogP contribution is -2.38. The van der Waals surface area contributed by atoms with Gasteiger partial charge in [-0.25, -0.2) is 0 Å². The van der Waals surface area contributed by atoms with Crippen molar-refractivity contribution in [3.63, 3.8) is 0 Å². The molecule has 0 radical (unpaired) electrons. The molecule has 0 spiro atoms. The van der Waals surface area contributed by atoms with Crippen molar-refractivity contribution in [2.24, 2.45) is 0 Å². The number of amides is 1. The van der Waals surface area contributed by atoms with Crippen LogP contribution in [0.2, 0.25) is 0 Å². The Morgan fingerprint density at radius 1 is 1.14 bits per heavy atom. The molecule has 1 unspecified atom stereocenters. The van der Waals surface area contributed by atoms with Crippen LogP contribution >= 0.6 is 0 Å². The minimum absolute atomic E-state index is 0.119. The molecule has 0 aromatic heterocycles. The highest BCUT2D eigenvalue weighted by atomic mass is 16.3. The SMILES string of the molecule is CCCCCCCC(=O)N(C)[C@@H](C)C(O)c1ccccc1. The van der Waals surface area contributed by atoms with E-state index in [-0.39, 0.29) is 11.9 Å². The van der Waals surface area contributed by atoms with Gasteiger partial charge in [0.05, 0.1) is 12.1 Å². The Labute approximate surface area is 129 Å². The number of hydrogen-bond donors (Lipinski definition) is 1. The lowest BCUT2D eigenvalue weighted by atomic mass is 10.0. The summed E-state index contributed by atoms with van der Waals surface area (Å²) in [6.45, 7) is 4.08. The first-order chi connectivity index (χ1) is 10.1. The van der Waals surface area contributed by atoms with Crippen LogP contribution in [0.3, 0.4) is 0 Å². The molecule has 3 nitrogen and oxygen atoms in total. The van der Waals surface area contributed by atoms with Crippen LogP contribution in [-0.4, -0.2) is 29.0 Å². The fraction of sp³-hybridized carbons (Fsp3) is 0.611. The molecule has 21 heavy (non-hydrogen) atoms. The molecule has 1 aromatic rings. The maximum atomic E-state index is 12.2. The molecule has 1 amide bonds. The Morgan fingerprint density at radius 3 is 2.38 bits per heavy atom. The molecule has 118 valence electrons. The van der Waals surface area contributed by atoms with Crippen LogP contribution in [0.4, 0.5) is 0 Å². The van der Waals surface area contributed by atoms with Crippen molar-refractivity contribution in [3.05, 3.63) is 35.9 Å². The second kappa shape index (κ2) is 9.56. The third-order valence-electron chi connectivity index (χ3n) is 4.10. The van der Waals surface area contributed by atoms with Crippen molar-refractivity contribution in [3.8, 4) is 0 Å². The van der Waals surface area contributed by atoms with Gasteiger partial charge in [0.15, 0.2) is 0 Å². The average molecular weight is 291 g/mol. The molecule has 0 aliphatic heterocycles. The number of unbranched alkanes of at least 4 members (excludes halogenated alkanes) is 4. The monoisotopic (exact) mass is 291 g/mol. The lowest BCUT2D eigenvalue weighted by Gasteiger charge is -2.29. The molecule has 0 saturated heterocycles. The van der Waals surface area contributed by atoms with Gasteiger partial charge in [-0.3, -0.25) is 4.79 Å². The van der Waals surface area contributed by atoms with Crippen molar-refractivity contribution in [2.45, 2.75) is 64.5 Å². The van der Waals surface area contributed by atoms with Gasteiger partial charge in [-0.15, -0.1) is 0 Å². The minimum atomic E-state index is -0.639. The predicted molar refractivity (Wildman–Crippen MR) is 87.0 cm³/mol. The highest BCUT2D eigenvalue weighted by Crippen LogP contribution is 2.20. The number of carbonyl (C=O) groups is 1. The number of likely N-dealkylation sites (N-methyl/N-ethyl adjacent to an activating group) is 1. The largest absolute Gasteiger partial charge is 0.386 e. The summed E-state index contributed by atoms with van der Waals surface area (Å²) in [5.41, 5.74) is 0.854. The zero-order valence-corrected chi connectivity index (χ0v) is 13.6. The first-order valence-corrected chi connectivity index (χ1v) is 8.06. The van der Waals surface area contributed by atoms with Crippen molar-refractivity contribution in [1.29, 1.82) is 0 Å². The molecule has 2 atom stereocenters. The molecule has 0 aliphatic rings. The van der Waals surface area contributed by atoms with E-state index < -0.39 is 6.10 Å². The van der Waals surface area contributed by atoms with Gasteiger partial charge in [0, 0.05) is 13.5 Å². The Bertz CT molecular complexity index is 405. The topological polar surface area (TPSA) is 40.5 Å².